The number of thiophene rings is 1. The lowest BCUT2D eigenvalue weighted by molar-refractivity contribution is 0.0789. The van der Waals surface area contributed by atoms with Crippen LogP contribution in [0.2, 0.25) is 0 Å². The van der Waals surface area contributed by atoms with Crippen molar-refractivity contribution in [2.45, 2.75) is 6.54 Å². The molecule has 0 spiro atoms. The molecule has 0 aliphatic carbocycles. The number of anilines is 1. The summed E-state index contributed by atoms with van der Waals surface area (Å²) in [4.78, 5) is 14.6. The van der Waals surface area contributed by atoms with E-state index in [4.69, 9.17) is 5.73 Å². The van der Waals surface area contributed by atoms with E-state index in [0.717, 1.165) is 20.6 Å². The topological polar surface area (TPSA) is 46.3 Å². The van der Waals surface area contributed by atoms with E-state index in [1.807, 2.05) is 35.7 Å². The zero-order valence-electron chi connectivity index (χ0n) is 9.89. The molecular formula is C13H13BrN2OS. The number of nitrogens with two attached hydrogens (primary N) is 1. The number of carbonyl (C=O) groups excluding carboxylic acids is 1. The molecule has 94 valence electrons. The summed E-state index contributed by atoms with van der Waals surface area (Å²) in [6, 6.07) is 9.43. The summed E-state index contributed by atoms with van der Waals surface area (Å²) >= 11 is 4.82. The summed E-state index contributed by atoms with van der Waals surface area (Å²) in [7, 11) is 1.80. The number of nitrogens with zero attached hydrogens (tertiary/aromatic N) is 1. The molecule has 18 heavy (non-hydrogen) atoms. The van der Waals surface area contributed by atoms with Crippen LogP contribution >= 0.6 is 27.3 Å². The molecule has 1 heterocycles. The Hall–Kier alpha value is -1.33. The van der Waals surface area contributed by atoms with Crippen molar-refractivity contribution in [3.8, 4) is 0 Å². The molecule has 0 aliphatic rings. The second-order valence-electron chi connectivity index (χ2n) is 4.00. The van der Waals surface area contributed by atoms with Gasteiger partial charge in [0.25, 0.3) is 5.91 Å². The Bertz CT molecular complexity index is 550. The van der Waals surface area contributed by atoms with Crippen molar-refractivity contribution < 1.29 is 4.79 Å². The predicted molar refractivity (Wildman–Crippen MR) is 78.7 cm³/mol. The summed E-state index contributed by atoms with van der Waals surface area (Å²) in [6.45, 7) is 0.573. The quantitative estimate of drug-likeness (QED) is 0.880. The van der Waals surface area contributed by atoms with Crippen molar-refractivity contribution in [2.75, 3.05) is 12.8 Å². The summed E-state index contributed by atoms with van der Waals surface area (Å²) in [6.07, 6.45) is 0. The number of nitrogen functional groups attached to an aromatic ring is 1. The molecule has 1 amide bonds. The molecule has 0 saturated carbocycles. The van der Waals surface area contributed by atoms with Crippen molar-refractivity contribution in [2.24, 2.45) is 0 Å². The molecule has 0 aliphatic heterocycles. The number of carbonyl (C=O) groups is 1. The van der Waals surface area contributed by atoms with E-state index in [9.17, 15) is 4.79 Å². The van der Waals surface area contributed by atoms with Gasteiger partial charge in [-0.1, -0.05) is 12.1 Å². The van der Waals surface area contributed by atoms with Crippen molar-refractivity contribution in [1.82, 2.24) is 4.90 Å². The minimum absolute atomic E-state index is 0.0219. The van der Waals surface area contributed by atoms with Crippen LogP contribution in [0.1, 0.15) is 15.2 Å². The summed E-state index contributed by atoms with van der Waals surface area (Å²) < 4.78 is 0.849. The Kier molecular flexibility index (Phi) is 4.04. The third kappa shape index (κ3) is 2.91. The van der Waals surface area contributed by atoms with E-state index in [1.54, 1.807) is 11.9 Å². The Morgan fingerprint density at radius 3 is 2.56 bits per heavy atom. The number of benzene rings is 1. The van der Waals surface area contributed by atoms with Crippen molar-refractivity contribution in [3.05, 3.63) is 50.6 Å². The minimum Gasteiger partial charge on any atom is -0.399 e. The maximum Gasteiger partial charge on any atom is 0.265 e. The van der Waals surface area contributed by atoms with Gasteiger partial charge in [0.05, 0.1) is 0 Å². The van der Waals surface area contributed by atoms with Crippen LogP contribution in [0.5, 0.6) is 0 Å². The van der Waals surface area contributed by atoms with Crippen molar-refractivity contribution in [1.29, 1.82) is 0 Å². The standard InChI is InChI=1S/C13H13BrN2OS/c1-16(8-9-2-4-10(15)5-3-9)13(17)12-11(14)6-7-18-12/h2-7H,8,15H2,1H3. The van der Waals surface area contributed by atoms with Gasteiger partial charge in [0, 0.05) is 23.8 Å². The van der Waals surface area contributed by atoms with E-state index in [-0.39, 0.29) is 5.91 Å². The lowest BCUT2D eigenvalue weighted by Crippen LogP contribution is -2.25. The molecular weight excluding hydrogens is 312 g/mol. The fourth-order valence-electron chi connectivity index (χ4n) is 1.59. The summed E-state index contributed by atoms with van der Waals surface area (Å²) in [5.41, 5.74) is 7.42. The van der Waals surface area contributed by atoms with Crippen LogP contribution in [0.4, 0.5) is 5.69 Å². The van der Waals surface area contributed by atoms with Gasteiger partial charge < -0.3 is 10.6 Å². The van der Waals surface area contributed by atoms with E-state index in [1.165, 1.54) is 11.3 Å². The monoisotopic (exact) mass is 324 g/mol. The SMILES string of the molecule is CN(Cc1ccc(N)cc1)C(=O)c1sccc1Br. The number of hydrogen-bond acceptors (Lipinski definition) is 3. The maximum atomic E-state index is 12.2. The van der Waals surface area contributed by atoms with E-state index in [2.05, 4.69) is 15.9 Å². The Labute approximate surface area is 118 Å². The zero-order chi connectivity index (χ0) is 13.1. The van der Waals surface area contributed by atoms with Crippen LogP contribution in [-0.2, 0) is 6.54 Å². The molecule has 0 saturated heterocycles. The van der Waals surface area contributed by atoms with Gasteiger partial charge in [-0.3, -0.25) is 4.79 Å². The molecule has 1 aromatic heterocycles. The molecule has 2 aromatic rings. The highest BCUT2D eigenvalue weighted by Crippen LogP contribution is 2.24. The zero-order valence-corrected chi connectivity index (χ0v) is 12.3. The first-order valence-corrected chi connectivity index (χ1v) is 7.08. The van der Waals surface area contributed by atoms with Gasteiger partial charge in [-0.05, 0) is 45.1 Å². The second-order valence-corrected chi connectivity index (χ2v) is 5.77. The third-order valence-corrected chi connectivity index (χ3v) is 4.38. The maximum absolute atomic E-state index is 12.2. The van der Waals surface area contributed by atoms with Gasteiger partial charge in [0.15, 0.2) is 0 Å². The van der Waals surface area contributed by atoms with Crippen LogP contribution in [-0.4, -0.2) is 17.9 Å². The molecule has 0 radical (unpaired) electrons. The number of halogens is 1. The normalized spacial score (nSPS) is 10.3. The number of hydrogen-bond donors (Lipinski definition) is 1. The third-order valence-electron chi connectivity index (χ3n) is 2.56. The lowest BCUT2D eigenvalue weighted by atomic mass is 10.2. The molecule has 0 fully saturated rings. The second kappa shape index (κ2) is 5.54. The van der Waals surface area contributed by atoms with Gasteiger partial charge in [0.1, 0.15) is 4.88 Å². The molecule has 5 heteroatoms. The van der Waals surface area contributed by atoms with E-state index < -0.39 is 0 Å². The Morgan fingerprint density at radius 1 is 1.33 bits per heavy atom. The van der Waals surface area contributed by atoms with Crippen LogP contribution < -0.4 is 5.73 Å². The first kappa shape index (κ1) is 13.1. The minimum atomic E-state index is 0.0219. The van der Waals surface area contributed by atoms with E-state index in [0.29, 0.717) is 6.54 Å². The highest BCUT2D eigenvalue weighted by molar-refractivity contribution is 9.10. The van der Waals surface area contributed by atoms with Crippen molar-refractivity contribution >= 4 is 38.9 Å². The highest BCUT2D eigenvalue weighted by atomic mass is 79.9. The van der Waals surface area contributed by atoms with Gasteiger partial charge in [0.2, 0.25) is 0 Å². The molecule has 2 N–H and O–H groups in total. The largest absolute Gasteiger partial charge is 0.399 e. The van der Waals surface area contributed by atoms with Crippen molar-refractivity contribution in [3.63, 3.8) is 0 Å². The molecule has 1 aromatic carbocycles. The van der Waals surface area contributed by atoms with Gasteiger partial charge >= 0.3 is 0 Å². The molecule has 3 nitrogen and oxygen atoms in total. The van der Waals surface area contributed by atoms with Crippen LogP contribution in [0.3, 0.4) is 0 Å². The van der Waals surface area contributed by atoms with Gasteiger partial charge in [-0.25, -0.2) is 0 Å². The Morgan fingerprint density at radius 2 is 2.00 bits per heavy atom. The van der Waals surface area contributed by atoms with Crippen LogP contribution in [0.15, 0.2) is 40.2 Å². The fraction of sp³-hybridized carbons (Fsp3) is 0.154. The summed E-state index contributed by atoms with van der Waals surface area (Å²) in [5.74, 6) is 0.0219. The highest BCUT2D eigenvalue weighted by Gasteiger charge is 2.16. The van der Waals surface area contributed by atoms with Gasteiger partial charge in [-0.2, -0.15) is 0 Å². The average molecular weight is 325 g/mol. The molecule has 0 bridgehead atoms. The molecule has 2 rings (SSSR count). The lowest BCUT2D eigenvalue weighted by Gasteiger charge is -2.16. The predicted octanol–water partition coefficient (Wildman–Crippen LogP) is 3.37. The number of amides is 1. The summed E-state index contributed by atoms with van der Waals surface area (Å²) in [5, 5.41) is 1.90. The number of rotatable bonds is 3. The fourth-order valence-corrected chi connectivity index (χ4v) is 3.12. The molecule has 0 atom stereocenters. The van der Waals surface area contributed by atoms with Crippen LogP contribution in [0, 0.1) is 0 Å². The smallest absolute Gasteiger partial charge is 0.265 e. The van der Waals surface area contributed by atoms with Crippen LogP contribution in [0.25, 0.3) is 0 Å². The van der Waals surface area contributed by atoms with E-state index >= 15 is 0 Å². The van der Waals surface area contributed by atoms with Gasteiger partial charge in [-0.15, -0.1) is 11.3 Å². The molecule has 0 unspecified atom stereocenters. The Balaban J connectivity index is 2.08. The average Bonchev–Trinajstić information content (AvgIpc) is 2.77. The first-order chi connectivity index (χ1) is 8.58. The first-order valence-electron chi connectivity index (χ1n) is 5.41.